The Kier molecular flexibility index (Phi) is 5.20. The highest BCUT2D eigenvalue weighted by molar-refractivity contribution is 5.92. The summed E-state index contributed by atoms with van der Waals surface area (Å²) < 4.78 is 13.6. The smallest absolute Gasteiger partial charge is 0.141 e. The molecule has 0 fully saturated rings. The van der Waals surface area contributed by atoms with Crippen molar-refractivity contribution in [1.82, 2.24) is 0 Å². The quantitative estimate of drug-likeness (QED) is 0.597. The average Bonchev–Trinajstić information content (AvgIpc) is 2.37. The van der Waals surface area contributed by atoms with Gasteiger partial charge in [0.15, 0.2) is 0 Å². The zero-order chi connectivity index (χ0) is 14.4. The summed E-state index contributed by atoms with van der Waals surface area (Å²) in [4.78, 5) is 0. The predicted molar refractivity (Wildman–Crippen MR) is 75.8 cm³/mol. The second-order valence-corrected chi connectivity index (χ2v) is 4.64. The van der Waals surface area contributed by atoms with E-state index < -0.39 is 5.82 Å². The van der Waals surface area contributed by atoms with Gasteiger partial charge in [0.2, 0.25) is 0 Å². The third kappa shape index (κ3) is 4.18. The molecular weight excluding hydrogens is 239 g/mol. The number of benzene rings is 1. The molecule has 98 valence electrons. The van der Waals surface area contributed by atoms with E-state index in [-0.39, 0.29) is 11.5 Å². The van der Waals surface area contributed by atoms with Crippen LogP contribution in [0.3, 0.4) is 0 Å². The van der Waals surface area contributed by atoms with Crippen LogP contribution in [0.15, 0.2) is 43.0 Å². The highest BCUT2D eigenvalue weighted by atomic mass is 19.1. The third-order valence-corrected chi connectivity index (χ3v) is 2.89. The molecule has 0 amide bonds. The monoisotopic (exact) mass is 256 g/mol. The molecule has 1 aromatic carbocycles. The first-order valence-electron chi connectivity index (χ1n) is 6.01. The zero-order valence-electron chi connectivity index (χ0n) is 11.0. The number of nitrogens with zero attached hydrogens (tertiary/aromatic N) is 1. The fraction of sp³-hybridized carbons (Fsp3) is 0.250. The van der Waals surface area contributed by atoms with Crippen LogP contribution in [0, 0.1) is 22.6 Å². The number of hydrogen-bond acceptors (Lipinski definition) is 2. The third-order valence-electron chi connectivity index (χ3n) is 2.89. The molecule has 0 aliphatic heterocycles. The van der Waals surface area contributed by atoms with E-state index >= 15 is 0 Å². The topological polar surface area (TPSA) is 47.6 Å². The minimum Gasteiger partial charge on any atom is -0.305 e. The lowest BCUT2D eigenvalue weighted by Crippen LogP contribution is -2.06. The summed E-state index contributed by atoms with van der Waals surface area (Å²) in [6.07, 6.45) is 2.66. The van der Waals surface area contributed by atoms with Gasteiger partial charge in [-0.25, -0.2) is 4.39 Å². The predicted octanol–water partition coefficient (Wildman–Crippen LogP) is 4.34. The van der Waals surface area contributed by atoms with Crippen molar-refractivity contribution >= 4 is 5.71 Å². The maximum atomic E-state index is 13.6. The lowest BCUT2D eigenvalue weighted by molar-refractivity contribution is 0.614. The Morgan fingerprint density at radius 1 is 1.53 bits per heavy atom. The lowest BCUT2D eigenvalue weighted by Gasteiger charge is -2.17. The molecule has 1 atom stereocenters. The van der Waals surface area contributed by atoms with Gasteiger partial charge in [-0.05, 0) is 49.5 Å². The molecule has 0 spiro atoms. The van der Waals surface area contributed by atoms with Crippen molar-refractivity contribution in [2.75, 3.05) is 0 Å². The first-order chi connectivity index (χ1) is 8.97. The summed E-state index contributed by atoms with van der Waals surface area (Å²) in [5, 5.41) is 16.4. The van der Waals surface area contributed by atoms with Crippen molar-refractivity contribution in [2.24, 2.45) is 0 Å². The van der Waals surface area contributed by atoms with E-state index in [0.717, 1.165) is 11.1 Å². The van der Waals surface area contributed by atoms with Crippen LogP contribution in [0.2, 0.25) is 0 Å². The second-order valence-electron chi connectivity index (χ2n) is 4.64. The van der Waals surface area contributed by atoms with Gasteiger partial charge in [-0.15, -0.1) is 6.58 Å². The normalized spacial score (nSPS) is 11.4. The van der Waals surface area contributed by atoms with Crippen molar-refractivity contribution in [3.63, 3.8) is 0 Å². The lowest BCUT2D eigenvalue weighted by atomic mass is 9.87. The molecule has 0 saturated carbocycles. The fourth-order valence-corrected chi connectivity index (χ4v) is 1.95. The maximum Gasteiger partial charge on any atom is 0.141 e. The molecule has 0 aromatic heterocycles. The van der Waals surface area contributed by atoms with Crippen LogP contribution < -0.4 is 0 Å². The SMILES string of the molecule is C=CC(=N)CC(CC(=C)C)c1ccc(C#N)c(F)c1. The standard InChI is InChI=1S/C16H17FN2/c1-4-15(19)8-14(7-11(2)3)12-5-6-13(10-18)16(17)9-12/h4-6,9,14,19H,1-2,7-8H2,3H3. The molecule has 2 nitrogen and oxygen atoms in total. The Morgan fingerprint density at radius 2 is 2.21 bits per heavy atom. The van der Waals surface area contributed by atoms with Crippen LogP contribution in [0.25, 0.3) is 0 Å². The molecule has 1 unspecified atom stereocenters. The molecule has 0 aliphatic carbocycles. The maximum absolute atomic E-state index is 13.6. The van der Waals surface area contributed by atoms with Crippen molar-refractivity contribution < 1.29 is 4.39 Å². The number of rotatable bonds is 6. The van der Waals surface area contributed by atoms with Crippen LogP contribution in [-0.2, 0) is 0 Å². The van der Waals surface area contributed by atoms with Gasteiger partial charge in [0.05, 0.1) is 5.56 Å². The number of hydrogen-bond donors (Lipinski definition) is 1. The van der Waals surface area contributed by atoms with Crippen molar-refractivity contribution in [1.29, 1.82) is 10.7 Å². The summed E-state index contributed by atoms with van der Waals surface area (Å²) in [5.41, 5.74) is 2.21. The first-order valence-corrected chi connectivity index (χ1v) is 6.01. The van der Waals surface area contributed by atoms with Gasteiger partial charge in [0.25, 0.3) is 0 Å². The molecule has 0 saturated heterocycles. The van der Waals surface area contributed by atoms with Crippen LogP contribution >= 0.6 is 0 Å². The number of nitrogens with one attached hydrogen (secondary N) is 1. The first kappa shape index (κ1) is 14.8. The summed E-state index contributed by atoms with van der Waals surface area (Å²) in [6, 6.07) is 6.40. The number of allylic oxidation sites excluding steroid dienone is 2. The molecule has 1 rings (SSSR count). The fourth-order valence-electron chi connectivity index (χ4n) is 1.95. The van der Waals surface area contributed by atoms with Crippen LogP contribution in [0.4, 0.5) is 4.39 Å². The van der Waals surface area contributed by atoms with Crippen LogP contribution in [-0.4, -0.2) is 5.71 Å². The van der Waals surface area contributed by atoms with Gasteiger partial charge in [-0.2, -0.15) is 5.26 Å². The van der Waals surface area contributed by atoms with Crippen LogP contribution in [0.5, 0.6) is 0 Å². The van der Waals surface area contributed by atoms with E-state index in [4.69, 9.17) is 10.7 Å². The van der Waals surface area contributed by atoms with Crippen molar-refractivity contribution in [3.8, 4) is 6.07 Å². The Labute approximate surface area is 113 Å². The van der Waals surface area contributed by atoms with Gasteiger partial charge in [0, 0.05) is 5.71 Å². The van der Waals surface area contributed by atoms with E-state index in [2.05, 4.69) is 13.2 Å². The molecular formula is C16H17FN2. The summed E-state index contributed by atoms with van der Waals surface area (Å²) in [5.74, 6) is -0.526. The van der Waals surface area contributed by atoms with E-state index in [1.54, 1.807) is 12.1 Å². The minimum absolute atomic E-state index is 0.00903. The summed E-state index contributed by atoms with van der Waals surface area (Å²) in [7, 11) is 0. The highest BCUT2D eigenvalue weighted by Gasteiger charge is 2.15. The average molecular weight is 256 g/mol. The van der Waals surface area contributed by atoms with E-state index in [1.165, 1.54) is 18.2 Å². The van der Waals surface area contributed by atoms with Crippen molar-refractivity contribution in [3.05, 3.63) is 60.0 Å². The van der Waals surface area contributed by atoms with E-state index in [0.29, 0.717) is 18.6 Å². The van der Waals surface area contributed by atoms with Crippen LogP contribution in [0.1, 0.15) is 36.8 Å². The molecule has 0 radical (unpaired) electrons. The van der Waals surface area contributed by atoms with E-state index in [9.17, 15) is 4.39 Å². The summed E-state index contributed by atoms with van der Waals surface area (Å²) in [6.45, 7) is 9.34. The Bertz CT molecular complexity index is 552. The summed E-state index contributed by atoms with van der Waals surface area (Å²) >= 11 is 0. The second kappa shape index (κ2) is 6.65. The highest BCUT2D eigenvalue weighted by Crippen LogP contribution is 2.28. The minimum atomic E-state index is -0.517. The molecule has 3 heteroatoms. The molecule has 1 aromatic rings. The molecule has 0 bridgehead atoms. The zero-order valence-corrected chi connectivity index (χ0v) is 11.0. The van der Waals surface area contributed by atoms with Crippen molar-refractivity contribution in [2.45, 2.75) is 25.7 Å². The Balaban J connectivity index is 3.06. The molecule has 1 N–H and O–H groups in total. The molecule has 19 heavy (non-hydrogen) atoms. The molecule has 0 aliphatic rings. The van der Waals surface area contributed by atoms with Gasteiger partial charge in [-0.1, -0.05) is 18.2 Å². The van der Waals surface area contributed by atoms with Gasteiger partial charge in [-0.3, -0.25) is 0 Å². The Morgan fingerprint density at radius 3 is 2.68 bits per heavy atom. The van der Waals surface area contributed by atoms with Gasteiger partial charge in [0.1, 0.15) is 11.9 Å². The van der Waals surface area contributed by atoms with Gasteiger partial charge < -0.3 is 5.41 Å². The number of halogens is 1. The molecule has 0 heterocycles. The van der Waals surface area contributed by atoms with E-state index in [1.807, 2.05) is 6.92 Å². The Hall–Kier alpha value is -2.21. The largest absolute Gasteiger partial charge is 0.305 e. The van der Waals surface area contributed by atoms with Gasteiger partial charge >= 0.3 is 0 Å². The number of nitriles is 1.